The summed E-state index contributed by atoms with van der Waals surface area (Å²) in [6.07, 6.45) is 3.25. The molecule has 0 bridgehead atoms. The smallest absolute Gasteiger partial charge is 0.244 e. The molecule has 0 unspecified atom stereocenters. The number of benzene rings is 1. The maximum Gasteiger partial charge on any atom is 0.244 e. The van der Waals surface area contributed by atoms with Gasteiger partial charge in [-0.05, 0) is 38.0 Å². The zero-order valence-electron chi connectivity index (χ0n) is 14.0. The molecule has 1 N–H and O–H groups in total. The van der Waals surface area contributed by atoms with Crippen molar-refractivity contribution < 1.29 is 13.2 Å². The first-order chi connectivity index (χ1) is 10.7. The first kappa shape index (κ1) is 19.8. The highest BCUT2D eigenvalue weighted by molar-refractivity contribution is 7.92. The zero-order valence-corrected chi connectivity index (χ0v) is 15.6. The fraction of sp³-hybridized carbons (Fsp3) is 0.562. The lowest BCUT2D eigenvalue weighted by molar-refractivity contribution is -0.122. The fourth-order valence-electron chi connectivity index (χ4n) is 2.52. The summed E-state index contributed by atoms with van der Waals surface area (Å²) in [7, 11) is -3.63. The summed E-state index contributed by atoms with van der Waals surface area (Å²) < 4.78 is 25.7. The number of carbonyl (C=O) groups is 1. The van der Waals surface area contributed by atoms with E-state index in [1.54, 1.807) is 31.2 Å². The van der Waals surface area contributed by atoms with E-state index in [-0.39, 0.29) is 11.9 Å². The molecule has 2 atom stereocenters. The van der Waals surface area contributed by atoms with Gasteiger partial charge in [0.05, 0.1) is 11.9 Å². The predicted molar refractivity (Wildman–Crippen MR) is 95.4 cm³/mol. The third-order valence-electron chi connectivity index (χ3n) is 3.50. The molecule has 0 aliphatic rings. The highest BCUT2D eigenvalue weighted by Crippen LogP contribution is 2.25. The quantitative estimate of drug-likeness (QED) is 0.774. The molecule has 0 radical (unpaired) electrons. The third kappa shape index (κ3) is 5.70. The normalized spacial score (nSPS) is 14.1. The number of hydrogen-bond donors (Lipinski definition) is 1. The molecule has 130 valence electrons. The molecule has 0 aliphatic carbocycles. The van der Waals surface area contributed by atoms with Gasteiger partial charge in [-0.3, -0.25) is 9.10 Å². The van der Waals surface area contributed by atoms with E-state index < -0.39 is 16.1 Å². The second-order valence-corrected chi connectivity index (χ2v) is 7.96. The summed E-state index contributed by atoms with van der Waals surface area (Å²) in [5.41, 5.74) is 0.394. The number of sulfonamides is 1. The van der Waals surface area contributed by atoms with Gasteiger partial charge in [0.25, 0.3) is 0 Å². The summed E-state index contributed by atoms with van der Waals surface area (Å²) >= 11 is 5.97. The van der Waals surface area contributed by atoms with Crippen molar-refractivity contribution in [2.75, 3.05) is 10.6 Å². The third-order valence-corrected chi connectivity index (χ3v) is 4.92. The zero-order chi connectivity index (χ0) is 17.6. The van der Waals surface area contributed by atoms with Gasteiger partial charge in [0.1, 0.15) is 6.04 Å². The minimum absolute atomic E-state index is 0.00215. The van der Waals surface area contributed by atoms with E-state index in [4.69, 9.17) is 11.6 Å². The minimum Gasteiger partial charge on any atom is -0.352 e. The maximum absolute atomic E-state index is 12.6. The van der Waals surface area contributed by atoms with Crippen molar-refractivity contribution in [1.29, 1.82) is 0 Å². The molecular formula is C16H25ClN2O3S. The maximum atomic E-state index is 12.6. The van der Waals surface area contributed by atoms with Gasteiger partial charge in [0, 0.05) is 11.1 Å². The van der Waals surface area contributed by atoms with Gasteiger partial charge in [-0.1, -0.05) is 37.9 Å². The number of nitrogens with one attached hydrogen (secondary N) is 1. The second kappa shape index (κ2) is 8.55. The Labute approximate surface area is 144 Å². The van der Waals surface area contributed by atoms with Gasteiger partial charge in [-0.25, -0.2) is 8.42 Å². The van der Waals surface area contributed by atoms with Crippen LogP contribution in [0.5, 0.6) is 0 Å². The largest absolute Gasteiger partial charge is 0.352 e. The van der Waals surface area contributed by atoms with E-state index in [1.165, 1.54) is 0 Å². The molecule has 0 aromatic heterocycles. The van der Waals surface area contributed by atoms with Gasteiger partial charge >= 0.3 is 0 Å². The summed E-state index contributed by atoms with van der Waals surface area (Å²) in [6.45, 7) is 5.74. The number of hydrogen-bond acceptors (Lipinski definition) is 3. The van der Waals surface area contributed by atoms with Crippen LogP contribution >= 0.6 is 11.6 Å². The Kier molecular flexibility index (Phi) is 7.35. The summed E-state index contributed by atoms with van der Waals surface area (Å²) in [5.74, 6) is -0.293. The van der Waals surface area contributed by atoms with Crippen molar-refractivity contribution in [3.05, 3.63) is 29.3 Å². The molecule has 1 rings (SSSR count). The monoisotopic (exact) mass is 360 g/mol. The predicted octanol–water partition coefficient (Wildman–Crippen LogP) is 3.19. The van der Waals surface area contributed by atoms with Crippen LogP contribution in [0.3, 0.4) is 0 Å². The van der Waals surface area contributed by atoms with Crippen LogP contribution in [0.4, 0.5) is 5.69 Å². The SMILES string of the molecule is CCC[C@@H](C)NC(=O)[C@H](CC)N(c1cccc(Cl)c1)S(C)(=O)=O. The first-order valence-electron chi connectivity index (χ1n) is 7.76. The van der Waals surface area contributed by atoms with Crippen molar-refractivity contribution in [1.82, 2.24) is 5.32 Å². The number of anilines is 1. The van der Waals surface area contributed by atoms with Crippen LogP contribution < -0.4 is 9.62 Å². The molecule has 23 heavy (non-hydrogen) atoms. The Bertz CT molecular complexity index is 634. The van der Waals surface area contributed by atoms with Crippen LogP contribution in [0.2, 0.25) is 5.02 Å². The van der Waals surface area contributed by atoms with E-state index in [9.17, 15) is 13.2 Å². The standard InChI is InChI=1S/C16H25ClN2O3S/c1-5-8-12(3)18-16(20)15(6-2)19(23(4,21)22)14-10-7-9-13(17)11-14/h7,9-12,15H,5-6,8H2,1-4H3,(H,18,20)/t12-,15+/m1/s1. The molecule has 1 amide bonds. The molecule has 7 heteroatoms. The number of halogens is 1. The van der Waals surface area contributed by atoms with Crippen LogP contribution in [0.1, 0.15) is 40.0 Å². The van der Waals surface area contributed by atoms with Crippen molar-refractivity contribution in [2.24, 2.45) is 0 Å². The van der Waals surface area contributed by atoms with Crippen molar-refractivity contribution in [3.63, 3.8) is 0 Å². The number of rotatable bonds is 8. The summed E-state index contributed by atoms with van der Waals surface area (Å²) in [5, 5.41) is 3.31. The van der Waals surface area contributed by atoms with Gasteiger partial charge in [0.2, 0.25) is 15.9 Å². The first-order valence-corrected chi connectivity index (χ1v) is 9.98. The topological polar surface area (TPSA) is 66.5 Å². The molecular weight excluding hydrogens is 336 g/mol. The number of carbonyl (C=O) groups excluding carboxylic acids is 1. The summed E-state index contributed by atoms with van der Waals surface area (Å²) in [4.78, 5) is 12.6. The van der Waals surface area contributed by atoms with Crippen molar-refractivity contribution in [2.45, 2.75) is 52.1 Å². The Balaban J connectivity index is 3.16. The van der Waals surface area contributed by atoms with Gasteiger partial charge < -0.3 is 5.32 Å². The van der Waals surface area contributed by atoms with E-state index in [0.29, 0.717) is 17.1 Å². The molecule has 0 aliphatic heterocycles. The van der Waals surface area contributed by atoms with Crippen molar-refractivity contribution >= 4 is 33.2 Å². The van der Waals surface area contributed by atoms with Crippen LogP contribution in [0, 0.1) is 0 Å². The lowest BCUT2D eigenvalue weighted by atomic mass is 10.1. The van der Waals surface area contributed by atoms with E-state index in [1.807, 2.05) is 13.8 Å². The molecule has 0 saturated heterocycles. The number of amides is 1. The van der Waals surface area contributed by atoms with E-state index in [0.717, 1.165) is 23.4 Å². The molecule has 0 spiro atoms. The van der Waals surface area contributed by atoms with Gasteiger partial charge in [-0.15, -0.1) is 0 Å². The summed E-state index contributed by atoms with van der Waals surface area (Å²) in [6, 6.07) is 5.72. The Morgan fingerprint density at radius 2 is 2.00 bits per heavy atom. The highest BCUT2D eigenvalue weighted by Gasteiger charge is 2.31. The Hall–Kier alpha value is -1.27. The van der Waals surface area contributed by atoms with Crippen LogP contribution in [-0.4, -0.2) is 32.7 Å². The second-order valence-electron chi connectivity index (χ2n) is 5.66. The molecule has 1 aromatic carbocycles. The Morgan fingerprint density at radius 3 is 2.48 bits per heavy atom. The van der Waals surface area contributed by atoms with Crippen LogP contribution in [0.25, 0.3) is 0 Å². The minimum atomic E-state index is -3.63. The average Bonchev–Trinajstić information content (AvgIpc) is 2.43. The highest BCUT2D eigenvalue weighted by atomic mass is 35.5. The molecule has 1 aromatic rings. The van der Waals surface area contributed by atoms with Crippen molar-refractivity contribution in [3.8, 4) is 0 Å². The fourth-order valence-corrected chi connectivity index (χ4v) is 3.91. The lowest BCUT2D eigenvalue weighted by Gasteiger charge is -2.31. The Morgan fingerprint density at radius 1 is 1.35 bits per heavy atom. The molecule has 0 fully saturated rings. The molecule has 0 saturated carbocycles. The average molecular weight is 361 g/mol. The van der Waals surface area contributed by atoms with E-state index in [2.05, 4.69) is 5.32 Å². The molecule has 5 nitrogen and oxygen atoms in total. The number of nitrogens with zero attached hydrogens (tertiary/aromatic N) is 1. The van der Waals surface area contributed by atoms with Gasteiger partial charge in [-0.2, -0.15) is 0 Å². The van der Waals surface area contributed by atoms with Crippen LogP contribution in [-0.2, 0) is 14.8 Å². The van der Waals surface area contributed by atoms with Gasteiger partial charge in [0.15, 0.2) is 0 Å². The lowest BCUT2D eigenvalue weighted by Crippen LogP contribution is -2.51. The molecule has 0 heterocycles. The van der Waals surface area contributed by atoms with E-state index >= 15 is 0 Å². The van der Waals surface area contributed by atoms with Crippen LogP contribution in [0.15, 0.2) is 24.3 Å².